The van der Waals surface area contributed by atoms with E-state index in [9.17, 15) is 4.39 Å². The molecule has 7 heteroatoms. The summed E-state index contributed by atoms with van der Waals surface area (Å²) in [5.74, 6) is 0.573. The highest BCUT2D eigenvalue weighted by Crippen LogP contribution is 2.23. The van der Waals surface area contributed by atoms with Gasteiger partial charge in [0.25, 0.3) is 0 Å². The molecule has 0 radical (unpaired) electrons. The van der Waals surface area contributed by atoms with Gasteiger partial charge in [-0.25, -0.2) is 4.39 Å². The van der Waals surface area contributed by atoms with Gasteiger partial charge >= 0.3 is 0 Å². The zero-order valence-electron chi connectivity index (χ0n) is 16.2. The number of aliphatic imine (C=N–C) groups is 1. The lowest BCUT2D eigenvalue weighted by Gasteiger charge is -2.34. The van der Waals surface area contributed by atoms with Gasteiger partial charge in [0.05, 0.1) is 25.8 Å². The van der Waals surface area contributed by atoms with E-state index in [4.69, 9.17) is 9.73 Å². The third kappa shape index (κ3) is 7.75. The number of rotatable bonds is 5. The summed E-state index contributed by atoms with van der Waals surface area (Å²) < 4.78 is 19.2. The fourth-order valence-electron chi connectivity index (χ4n) is 2.87. The number of morpholine rings is 1. The molecule has 1 atom stereocenters. The van der Waals surface area contributed by atoms with Crippen molar-refractivity contribution in [2.75, 3.05) is 39.4 Å². The molecule has 0 aromatic heterocycles. The highest BCUT2D eigenvalue weighted by molar-refractivity contribution is 14.0. The van der Waals surface area contributed by atoms with Gasteiger partial charge in [-0.3, -0.25) is 9.89 Å². The van der Waals surface area contributed by atoms with Crippen LogP contribution in [0.2, 0.25) is 0 Å². The predicted molar refractivity (Wildman–Crippen MR) is 116 cm³/mol. The fourth-order valence-corrected chi connectivity index (χ4v) is 2.87. The van der Waals surface area contributed by atoms with E-state index in [1.807, 2.05) is 13.0 Å². The molecular weight excluding hydrogens is 446 g/mol. The van der Waals surface area contributed by atoms with Crippen LogP contribution in [-0.2, 0) is 4.74 Å². The van der Waals surface area contributed by atoms with E-state index >= 15 is 0 Å². The minimum Gasteiger partial charge on any atom is -0.379 e. The average molecular weight is 478 g/mol. The van der Waals surface area contributed by atoms with E-state index in [1.165, 1.54) is 6.07 Å². The quantitative estimate of drug-likeness (QED) is 0.388. The summed E-state index contributed by atoms with van der Waals surface area (Å²) in [6, 6.07) is 6.87. The van der Waals surface area contributed by atoms with Crippen molar-refractivity contribution in [3.63, 3.8) is 0 Å². The molecule has 1 aliphatic heterocycles. The van der Waals surface area contributed by atoms with Gasteiger partial charge < -0.3 is 15.4 Å². The van der Waals surface area contributed by atoms with E-state index < -0.39 is 0 Å². The molecule has 1 aromatic rings. The second-order valence-electron chi connectivity index (χ2n) is 7.31. The Morgan fingerprint density at radius 2 is 2.00 bits per heavy atom. The van der Waals surface area contributed by atoms with Crippen molar-refractivity contribution in [1.29, 1.82) is 0 Å². The van der Waals surface area contributed by atoms with Crippen LogP contribution < -0.4 is 10.6 Å². The fraction of sp³-hybridized carbons (Fsp3) is 0.632. The van der Waals surface area contributed by atoms with Crippen molar-refractivity contribution in [2.24, 2.45) is 4.99 Å². The summed E-state index contributed by atoms with van der Waals surface area (Å²) in [4.78, 5) is 7.09. The van der Waals surface area contributed by atoms with E-state index in [-0.39, 0.29) is 41.4 Å². The molecule has 1 saturated heterocycles. The Morgan fingerprint density at radius 3 is 2.58 bits per heavy atom. The molecule has 2 rings (SSSR count). The van der Waals surface area contributed by atoms with Crippen LogP contribution in [0.1, 0.15) is 39.3 Å². The maximum atomic E-state index is 13.7. The number of hydrogen-bond donors (Lipinski definition) is 2. The predicted octanol–water partition coefficient (Wildman–Crippen LogP) is 3.17. The number of benzene rings is 1. The van der Waals surface area contributed by atoms with E-state index in [0.717, 1.165) is 31.2 Å². The molecule has 0 aliphatic carbocycles. The Bertz CT molecular complexity index is 571. The molecule has 1 unspecified atom stereocenters. The number of ether oxygens (including phenoxy) is 1. The van der Waals surface area contributed by atoms with Crippen molar-refractivity contribution in [1.82, 2.24) is 15.5 Å². The standard InChI is InChI=1S/C19H31FN4O.HI/c1-5-21-18(23-19(2,3)4)22-14-17(24-9-11-25-12-10-24)15-7-6-8-16(20)13-15;/h6-8,13,17H,5,9-12,14H2,1-4H3,(H2,21,22,23);1H. The van der Waals surface area contributed by atoms with Crippen molar-refractivity contribution < 1.29 is 9.13 Å². The number of nitrogens with one attached hydrogen (secondary N) is 2. The van der Waals surface area contributed by atoms with Crippen LogP contribution in [-0.4, -0.2) is 55.8 Å². The molecule has 148 valence electrons. The summed E-state index contributed by atoms with van der Waals surface area (Å²) in [7, 11) is 0. The molecule has 1 aliphatic rings. The molecule has 0 saturated carbocycles. The van der Waals surface area contributed by atoms with Crippen molar-refractivity contribution in [3.8, 4) is 0 Å². The minimum atomic E-state index is -0.209. The minimum absolute atomic E-state index is 0. The molecule has 2 N–H and O–H groups in total. The number of hydrogen-bond acceptors (Lipinski definition) is 3. The van der Waals surface area contributed by atoms with Gasteiger partial charge in [0.15, 0.2) is 5.96 Å². The zero-order chi connectivity index (χ0) is 18.3. The molecule has 5 nitrogen and oxygen atoms in total. The van der Waals surface area contributed by atoms with Gasteiger partial charge in [-0.2, -0.15) is 0 Å². The third-order valence-electron chi connectivity index (χ3n) is 3.98. The van der Waals surface area contributed by atoms with Crippen LogP contribution in [0.3, 0.4) is 0 Å². The number of nitrogens with zero attached hydrogens (tertiary/aromatic N) is 2. The van der Waals surface area contributed by atoms with Gasteiger partial charge in [-0.1, -0.05) is 12.1 Å². The van der Waals surface area contributed by atoms with Gasteiger partial charge in [0, 0.05) is 25.2 Å². The largest absolute Gasteiger partial charge is 0.379 e. The van der Waals surface area contributed by atoms with Crippen molar-refractivity contribution in [3.05, 3.63) is 35.6 Å². The first-order valence-corrected chi connectivity index (χ1v) is 9.03. The van der Waals surface area contributed by atoms with Crippen LogP contribution in [0, 0.1) is 5.82 Å². The maximum Gasteiger partial charge on any atom is 0.191 e. The summed E-state index contributed by atoms with van der Waals surface area (Å²) in [6.45, 7) is 12.8. The smallest absolute Gasteiger partial charge is 0.191 e. The third-order valence-corrected chi connectivity index (χ3v) is 3.98. The lowest BCUT2D eigenvalue weighted by Crippen LogP contribution is -2.48. The maximum absolute atomic E-state index is 13.7. The second kappa shape index (κ2) is 11.0. The Morgan fingerprint density at radius 1 is 1.31 bits per heavy atom. The first-order valence-electron chi connectivity index (χ1n) is 9.03. The first-order chi connectivity index (χ1) is 11.9. The van der Waals surface area contributed by atoms with Crippen LogP contribution in [0.25, 0.3) is 0 Å². The number of guanidine groups is 1. The molecule has 0 amide bonds. The van der Waals surface area contributed by atoms with Gasteiger partial charge in [0.2, 0.25) is 0 Å². The van der Waals surface area contributed by atoms with Crippen LogP contribution >= 0.6 is 24.0 Å². The van der Waals surface area contributed by atoms with Gasteiger partial charge in [-0.15, -0.1) is 24.0 Å². The highest BCUT2D eigenvalue weighted by Gasteiger charge is 2.23. The van der Waals surface area contributed by atoms with Gasteiger partial charge in [-0.05, 0) is 45.4 Å². The Balaban J connectivity index is 0.00000338. The van der Waals surface area contributed by atoms with Gasteiger partial charge in [0.1, 0.15) is 5.82 Å². The molecule has 1 fully saturated rings. The normalized spacial score (nSPS) is 17.3. The molecule has 26 heavy (non-hydrogen) atoms. The lowest BCUT2D eigenvalue weighted by atomic mass is 10.0. The Kier molecular flexibility index (Phi) is 9.81. The first kappa shape index (κ1) is 23.1. The van der Waals surface area contributed by atoms with E-state index in [0.29, 0.717) is 19.8 Å². The molecule has 1 aromatic carbocycles. The zero-order valence-corrected chi connectivity index (χ0v) is 18.5. The SMILES string of the molecule is CCNC(=NCC(c1cccc(F)c1)N1CCOCC1)NC(C)(C)C.I. The van der Waals surface area contributed by atoms with E-state index in [1.54, 1.807) is 12.1 Å². The number of halogens is 2. The lowest BCUT2D eigenvalue weighted by molar-refractivity contribution is 0.0179. The van der Waals surface area contributed by atoms with Crippen LogP contribution in [0.15, 0.2) is 29.3 Å². The summed E-state index contributed by atoms with van der Waals surface area (Å²) in [5, 5.41) is 6.68. The monoisotopic (exact) mass is 478 g/mol. The van der Waals surface area contributed by atoms with Crippen molar-refractivity contribution in [2.45, 2.75) is 39.3 Å². The molecule has 0 spiro atoms. The molecule has 0 bridgehead atoms. The topological polar surface area (TPSA) is 48.9 Å². The summed E-state index contributed by atoms with van der Waals surface area (Å²) >= 11 is 0. The Hall–Kier alpha value is -0.930. The second-order valence-corrected chi connectivity index (χ2v) is 7.31. The average Bonchev–Trinajstić information content (AvgIpc) is 2.55. The Labute approximate surface area is 173 Å². The summed E-state index contributed by atoms with van der Waals surface area (Å²) in [5.41, 5.74) is 0.881. The molecule has 1 heterocycles. The molecular formula is C19H32FIN4O. The van der Waals surface area contributed by atoms with Crippen LogP contribution in [0.4, 0.5) is 4.39 Å². The highest BCUT2D eigenvalue weighted by atomic mass is 127. The van der Waals surface area contributed by atoms with Crippen LogP contribution in [0.5, 0.6) is 0 Å². The van der Waals surface area contributed by atoms with E-state index in [2.05, 4.69) is 36.3 Å². The van der Waals surface area contributed by atoms with Crippen molar-refractivity contribution >= 4 is 29.9 Å². The summed E-state index contributed by atoms with van der Waals surface area (Å²) in [6.07, 6.45) is 0.